The summed E-state index contributed by atoms with van der Waals surface area (Å²) in [5.74, 6) is 0.635. The van der Waals surface area contributed by atoms with E-state index in [0.29, 0.717) is 12.4 Å². The summed E-state index contributed by atoms with van der Waals surface area (Å²) in [6.07, 6.45) is 1.75. The summed E-state index contributed by atoms with van der Waals surface area (Å²) in [5, 5.41) is 3.17. The van der Waals surface area contributed by atoms with E-state index in [-0.39, 0.29) is 0 Å². The van der Waals surface area contributed by atoms with Crippen molar-refractivity contribution in [1.29, 1.82) is 0 Å². The molecule has 0 unspecified atom stereocenters. The zero-order valence-electron chi connectivity index (χ0n) is 8.00. The molecule has 0 amide bonds. The van der Waals surface area contributed by atoms with Crippen LogP contribution in [0.1, 0.15) is 5.56 Å². The molecule has 1 aromatic heterocycles. The number of anilines is 1. The van der Waals surface area contributed by atoms with Crippen LogP contribution in [0.4, 0.5) is 5.69 Å². The number of nitrogens with two attached hydrogens (primary N) is 1. The minimum atomic E-state index is 0.617. The summed E-state index contributed by atoms with van der Waals surface area (Å²) in [6.45, 7) is 3.38. The topological polar surface area (TPSA) is 60.2 Å². The number of aryl methyl sites for hydroxylation is 1. The molecule has 1 rings (SSSR count). The Morgan fingerprint density at radius 3 is 2.92 bits per heavy atom. The van der Waals surface area contributed by atoms with Crippen molar-refractivity contribution in [1.82, 2.24) is 4.98 Å². The van der Waals surface area contributed by atoms with E-state index in [9.17, 15) is 0 Å². The number of methoxy groups -OCH3 is 1. The minimum Gasteiger partial charge on any atom is -0.481 e. The Kier molecular flexibility index (Phi) is 3.52. The van der Waals surface area contributed by atoms with Crippen molar-refractivity contribution in [3.05, 3.63) is 17.8 Å². The lowest BCUT2D eigenvalue weighted by Gasteiger charge is -2.08. The number of aromatic nitrogens is 1. The summed E-state index contributed by atoms with van der Waals surface area (Å²) in [6, 6.07) is 1.89. The lowest BCUT2D eigenvalue weighted by molar-refractivity contribution is 0.397. The van der Waals surface area contributed by atoms with Gasteiger partial charge in [-0.2, -0.15) is 0 Å². The molecule has 0 atom stereocenters. The van der Waals surface area contributed by atoms with Crippen LogP contribution in [0.3, 0.4) is 0 Å². The first kappa shape index (κ1) is 9.80. The molecule has 0 aliphatic rings. The molecule has 0 aliphatic carbocycles. The zero-order valence-corrected chi connectivity index (χ0v) is 8.00. The smallest absolute Gasteiger partial charge is 0.213 e. The SMILES string of the molecule is COc1cc(C)c(NCCN)cn1. The molecule has 1 heterocycles. The van der Waals surface area contributed by atoms with Gasteiger partial charge < -0.3 is 15.8 Å². The van der Waals surface area contributed by atoms with Crippen LogP contribution >= 0.6 is 0 Å². The Bertz CT molecular complexity index is 276. The maximum absolute atomic E-state index is 5.37. The van der Waals surface area contributed by atoms with Crippen molar-refractivity contribution in [2.24, 2.45) is 5.73 Å². The quantitative estimate of drug-likeness (QED) is 0.720. The van der Waals surface area contributed by atoms with Gasteiger partial charge in [-0.25, -0.2) is 4.98 Å². The van der Waals surface area contributed by atoms with Gasteiger partial charge in [-0.3, -0.25) is 0 Å². The Hall–Kier alpha value is -1.29. The van der Waals surface area contributed by atoms with Gasteiger partial charge in [-0.05, 0) is 12.5 Å². The molecule has 0 fully saturated rings. The Morgan fingerprint density at radius 2 is 2.38 bits per heavy atom. The number of ether oxygens (including phenoxy) is 1. The van der Waals surface area contributed by atoms with Gasteiger partial charge in [0.1, 0.15) is 0 Å². The number of nitrogens with zero attached hydrogens (tertiary/aromatic N) is 1. The lowest BCUT2D eigenvalue weighted by Crippen LogP contribution is -2.13. The fraction of sp³-hybridized carbons (Fsp3) is 0.444. The van der Waals surface area contributed by atoms with E-state index in [2.05, 4.69) is 10.3 Å². The first-order valence-corrected chi connectivity index (χ1v) is 4.22. The summed E-state index contributed by atoms with van der Waals surface area (Å²) < 4.78 is 4.99. The van der Waals surface area contributed by atoms with Crippen LogP contribution in [0.2, 0.25) is 0 Å². The first-order chi connectivity index (χ1) is 6.27. The third-order valence-corrected chi connectivity index (χ3v) is 1.75. The van der Waals surface area contributed by atoms with Crippen LogP contribution in [0.5, 0.6) is 5.88 Å². The molecule has 0 saturated carbocycles. The van der Waals surface area contributed by atoms with Gasteiger partial charge in [0.25, 0.3) is 0 Å². The van der Waals surface area contributed by atoms with E-state index in [1.165, 1.54) is 0 Å². The van der Waals surface area contributed by atoms with Crippen LogP contribution in [0.15, 0.2) is 12.3 Å². The number of hydrogen-bond donors (Lipinski definition) is 2. The minimum absolute atomic E-state index is 0.617. The third-order valence-electron chi connectivity index (χ3n) is 1.75. The van der Waals surface area contributed by atoms with E-state index in [0.717, 1.165) is 17.8 Å². The highest BCUT2D eigenvalue weighted by molar-refractivity contribution is 5.50. The van der Waals surface area contributed by atoms with E-state index >= 15 is 0 Å². The van der Waals surface area contributed by atoms with Crippen molar-refractivity contribution < 1.29 is 4.74 Å². The summed E-state index contributed by atoms with van der Waals surface area (Å²) in [5.41, 5.74) is 7.49. The highest BCUT2D eigenvalue weighted by Crippen LogP contribution is 2.17. The van der Waals surface area contributed by atoms with Crippen molar-refractivity contribution >= 4 is 5.69 Å². The van der Waals surface area contributed by atoms with Crippen molar-refractivity contribution in [3.63, 3.8) is 0 Å². The van der Waals surface area contributed by atoms with E-state index in [4.69, 9.17) is 10.5 Å². The van der Waals surface area contributed by atoms with E-state index < -0.39 is 0 Å². The number of hydrogen-bond acceptors (Lipinski definition) is 4. The molecule has 0 aromatic carbocycles. The first-order valence-electron chi connectivity index (χ1n) is 4.22. The number of rotatable bonds is 4. The molecular formula is C9H15N3O. The summed E-state index contributed by atoms with van der Waals surface area (Å²) in [4.78, 5) is 4.09. The van der Waals surface area contributed by atoms with Gasteiger partial charge in [0, 0.05) is 19.2 Å². The molecule has 0 spiro atoms. The maximum atomic E-state index is 5.37. The Labute approximate surface area is 78.1 Å². The number of nitrogens with one attached hydrogen (secondary N) is 1. The monoisotopic (exact) mass is 181 g/mol. The van der Waals surface area contributed by atoms with Crippen molar-refractivity contribution in [3.8, 4) is 5.88 Å². The summed E-state index contributed by atoms with van der Waals surface area (Å²) in [7, 11) is 1.61. The van der Waals surface area contributed by atoms with Crippen molar-refractivity contribution in [2.75, 3.05) is 25.5 Å². The lowest BCUT2D eigenvalue weighted by atomic mass is 10.2. The predicted octanol–water partition coefficient (Wildman–Crippen LogP) is 0.769. The molecule has 3 N–H and O–H groups in total. The van der Waals surface area contributed by atoms with Crippen molar-refractivity contribution in [2.45, 2.75) is 6.92 Å². The van der Waals surface area contributed by atoms with Gasteiger partial charge in [-0.15, -0.1) is 0 Å². The maximum Gasteiger partial charge on any atom is 0.213 e. The average molecular weight is 181 g/mol. The van der Waals surface area contributed by atoms with Gasteiger partial charge in [-0.1, -0.05) is 0 Å². The molecule has 4 heteroatoms. The van der Waals surface area contributed by atoms with Gasteiger partial charge in [0.05, 0.1) is 19.0 Å². The van der Waals surface area contributed by atoms with Gasteiger partial charge in [0.15, 0.2) is 0 Å². The molecule has 0 bridgehead atoms. The molecule has 72 valence electrons. The molecule has 1 aromatic rings. The molecule has 0 saturated heterocycles. The van der Waals surface area contributed by atoms with Gasteiger partial charge >= 0.3 is 0 Å². The van der Waals surface area contributed by atoms with Crippen LogP contribution in [-0.2, 0) is 0 Å². The molecule has 0 radical (unpaired) electrons. The molecule has 0 aliphatic heterocycles. The third kappa shape index (κ3) is 2.59. The fourth-order valence-electron chi connectivity index (χ4n) is 1.03. The standard InChI is InChI=1S/C9H15N3O/c1-7-5-9(13-2)12-6-8(7)11-4-3-10/h5-6,11H,3-4,10H2,1-2H3. The van der Waals surface area contributed by atoms with Crippen LogP contribution in [-0.4, -0.2) is 25.2 Å². The predicted molar refractivity (Wildman–Crippen MR) is 53.1 cm³/mol. The second-order valence-electron chi connectivity index (χ2n) is 2.76. The van der Waals surface area contributed by atoms with Crippen LogP contribution in [0.25, 0.3) is 0 Å². The van der Waals surface area contributed by atoms with E-state index in [1.807, 2.05) is 13.0 Å². The van der Waals surface area contributed by atoms with Gasteiger partial charge in [0.2, 0.25) is 5.88 Å². The van der Waals surface area contributed by atoms with Crippen LogP contribution < -0.4 is 15.8 Å². The largest absolute Gasteiger partial charge is 0.481 e. The zero-order chi connectivity index (χ0) is 9.68. The molecule has 13 heavy (non-hydrogen) atoms. The highest BCUT2D eigenvalue weighted by Gasteiger charge is 1.99. The normalized spacial score (nSPS) is 9.77. The highest BCUT2D eigenvalue weighted by atomic mass is 16.5. The second kappa shape index (κ2) is 4.67. The average Bonchev–Trinajstić information content (AvgIpc) is 2.16. The Morgan fingerprint density at radius 1 is 1.62 bits per heavy atom. The molecule has 4 nitrogen and oxygen atoms in total. The molecular weight excluding hydrogens is 166 g/mol. The fourth-order valence-corrected chi connectivity index (χ4v) is 1.03. The second-order valence-corrected chi connectivity index (χ2v) is 2.76. The number of pyridine rings is 1. The van der Waals surface area contributed by atoms with Crippen LogP contribution in [0, 0.1) is 6.92 Å². The van der Waals surface area contributed by atoms with E-state index in [1.54, 1.807) is 13.3 Å². The summed E-state index contributed by atoms with van der Waals surface area (Å²) >= 11 is 0. The Balaban J connectivity index is 2.73.